The highest BCUT2D eigenvalue weighted by molar-refractivity contribution is 7.92. The molecule has 0 bridgehead atoms. The van der Waals surface area contributed by atoms with Gasteiger partial charge in [0.05, 0.1) is 16.8 Å². The summed E-state index contributed by atoms with van der Waals surface area (Å²) < 4.78 is 29.1. The molecule has 3 nitrogen and oxygen atoms in total. The molecule has 0 aromatic heterocycles. The first-order valence-corrected chi connectivity index (χ1v) is 6.89. The van der Waals surface area contributed by atoms with Gasteiger partial charge in [-0.1, -0.05) is 12.1 Å². The van der Waals surface area contributed by atoms with Crippen molar-refractivity contribution >= 4 is 9.84 Å². The molecule has 1 saturated heterocycles. The maximum Gasteiger partial charge on any atom is 0.180 e. The topological polar surface area (TPSA) is 46.7 Å². The highest BCUT2D eigenvalue weighted by Gasteiger charge is 2.41. The first-order valence-electron chi connectivity index (χ1n) is 5.35. The van der Waals surface area contributed by atoms with E-state index in [1.807, 2.05) is 19.1 Å². The predicted molar refractivity (Wildman–Crippen MR) is 62.1 cm³/mol. The molecule has 1 unspecified atom stereocenters. The lowest BCUT2D eigenvalue weighted by Gasteiger charge is -2.10. The molecule has 4 heteroatoms. The minimum absolute atomic E-state index is 0.194. The third kappa shape index (κ3) is 1.87. The fourth-order valence-corrected chi connectivity index (χ4v) is 2.60. The highest BCUT2D eigenvalue weighted by atomic mass is 32.2. The van der Waals surface area contributed by atoms with E-state index in [1.54, 1.807) is 26.0 Å². The van der Waals surface area contributed by atoms with E-state index in [2.05, 4.69) is 0 Å². The maximum atomic E-state index is 11.9. The molecule has 1 aliphatic rings. The van der Waals surface area contributed by atoms with Crippen LogP contribution in [-0.2, 0) is 20.2 Å². The minimum atomic E-state index is -3.16. The number of sulfone groups is 1. The van der Waals surface area contributed by atoms with E-state index >= 15 is 0 Å². The van der Waals surface area contributed by atoms with E-state index < -0.39 is 9.84 Å². The Morgan fingerprint density at radius 1 is 1.25 bits per heavy atom. The summed E-state index contributed by atoms with van der Waals surface area (Å²) in [5.74, 6) is 0. The van der Waals surface area contributed by atoms with E-state index in [4.69, 9.17) is 4.74 Å². The van der Waals surface area contributed by atoms with Crippen LogP contribution < -0.4 is 0 Å². The van der Waals surface area contributed by atoms with Crippen molar-refractivity contribution < 1.29 is 13.2 Å². The third-order valence-corrected chi connectivity index (χ3v) is 5.16. The lowest BCUT2D eigenvalue weighted by Crippen LogP contribution is -2.14. The van der Waals surface area contributed by atoms with Gasteiger partial charge in [-0.15, -0.1) is 0 Å². The second-order valence-corrected chi connectivity index (χ2v) is 7.14. The van der Waals surface area contributed by atoms with Crippen LogP contribution in [-0.4, -0.2) is 20.3 Å². The Labute approximate surface area is 96.4 Å². The van der Waals surface area contributed by atoms with E-state index in [1.165, 1.54) is 0 Å². The molecule has 88 valence electrons. The van der Waals surface area contributed by atoms with Crippen LogP contribution in [0.25, 0.3) is 0 Å². The van der Waals surface area contributed by atoms with Crippen LogP contribution in [0.3, 0.4) is 0 Å². The molecule has 1 aromatic carbocycles. The molecule has 0 spiro atoms. The SMILES string of the molecule is CC(C)S(=O)(=O)c1ccc(C2(C)CO2)cc1. The summed E-state index contributed by atoms with van der Waals surface area (Å²) in [5, 5.41) is -0.383. The predicted octanol–water partition coefficient (Wildman–Crippen LogP) is 2.11. The average Bonchev–Trinajstić information content (AvgIpc) is 2.98. The number of hydrogen-bond donors (Lipinski definition) is 0. The van der Waals surface area contributed by atoms with Crippen molar-refractivity contribution in [2.75, 3.05) is 6.61 Å². The Morgan fingerprint density at radius 2 is 1.75 bits per heavy atom. The largest absolute Gasteiger partial charge is 0.365 e. The van der Waals surface area contributed by atoms with Gasteiger partial charge in [-0.3, -0.25) is 0 Å². The van der Waals surface area contributed by atoms with Crippen LogP contribution in [0.1, 0.15) is 26.3 Å². The van der Waals surface area contributed by atoms with Gasteiger partial charge in [0.2, 0.25) is 0 Å². The van der Waals surface area contributed by atoms with Crippen LogP contribution in [0.5, 0.6) is 0 Å². The van der Waals surface area contributed by atoms with Gasteiger partial charge < -0.3 is 4.74 Å². The van der Waals surface area contributed by atoms with E-state index in [0.717, 1.165) is 5.56 Å². The molecule has 16 heavy (non-hydrogen) atoms. The zero-order chi connectivity index (χ0) is 12.0. The molecular formula is C12H16O3S. The third-order valence-electron chi connectivity index (χ3n) is 2.99. The Kier molecular flexibility index (Phi) is 2.59. The average molecular weight is 240 g/mol. The molecule has 0 radical (unpaired) electrons. The molecule has 1 aliphatic heterocycles. The van der Waals surface area contributed by atoms with Gasteiger partial charge in [0.1, 0.15) is 5.60 Å². The number of rotatable bonds is 3. The molecule has 1 heterocycles. The number of hydrogen-bond acceptors (Lipinski definition) is 3. The molecule has 0 amide bonds. The van der Waals surface area contributed by atoms with Crippen molar-refractivity contribution in [1.82, 2.24) is 0 Å². The summed E-state index contributed by atoms with van der Waals surface area (Å²) in [6.07, 6.45) is 0. The van der Waals surface area contributed by atoms with Gasteiger partial charge in [-0.05, 0) is 38.5 Å². The van der Waals surface area contributed by atoms with Crippen molar-refractivity contribution in [1.29, 1.82) is 0 Å². The van der Waals surface area contributed by atoms with Gasteiger partial charge in [0.15, 0.2) is 9.84 Å². The molecule has 1 fully saturated rings. The normalized spacial score (nSPS) is 24.8. The fourth-order valence-electron chi connectivity index (χ4n) is 1.54. The fraction of sp³-hybridized carbons (Fsp3) is 0.500. The first-order chi connectivity index (χ1) is 7.36. The Balaban J connectivity index is 2.33. The Bertz CT molecular complexity index is 482. The standard InChI is InChI=1S/C12H16O3S/c1-9(2)16(13,14)11-6-4-10(5-7-11)12(3)8-15-12/h4-7,9H,8H2,1-3H3. The van der Waals surface area contributed by atoms with Gasteiger partial charge in [-0.25, -0.2) is 8.42 Å². The smallest absolute Gasteiger partial charge is 0.180 e. The van der Waals surface area contributed by atoms with Crippen molar-refractivity contribution in [2.24, 2.45) is 0 Å². The van der Waals surface area contributed by atoms with Gasteiger partial charge in [-0.2, -0.15) is 0 Å². The second-order valence-electron chi connectivity index (χ2n) is 4.64. The van der Waals surface area contributed by atoms with Crippen LogP contribution in [0.4, 0.5) is 0 Å². The molecule has 0 aliphatic carbocycles. The van der Waals surface area contributed by atoms with Crippen molar-refractivity contribution in [2.45, 2.75) is 36.5 Å². The van der Waals surface area contributed by atoms with Crippen LogP contribution in [0, 0.1) is 0 Å². The van der Waals surface area contributed by atoms with Gasteiger partial charge in [0, 0.05) is 0 Å². The van der Waals surface area contributed by atoms with Gasteiger partial charge >= 0.3 is 0 Å². The maximum absolute atomic E-state index is 11.9. The molecule has 0 saturated carbocycles. The van der Waals surface area contributed by atoms with Crippen LogP contribution in [0.2, 0.25) is 0 Å². The molecule has 1 aromatic rings. The van der Waals surface area contributed by atoms with Gasteiger partial charge in [0.25, 0.3) is 0 Å². The molecule has 2 rings (SSSR count). The van der Waals surface area contributed by atoms with Crippen molar-refractivity contribution in [3.05, 3.63) is 29.8 Å². The Morgan fingerprint density at radius 3 is 2.12 bits per heavy atom. The summed E-state index contributed by atoms with van der Waals surface area (Å²) in [4.78, 5) is 0.385. The highest BCUT2D eigenvalue weighted by Crippen LogP contribution is 2.38. The van der Waals surface area contributed by atoms with E-state index in [0.29, 0.717) is 11.5 Å². The molecule has 0 N–H and O–H groups in total. The Hall–Kier alpha value is -0.870. The summed E-state index contributed by atoms with van der Waals surface area (Å²) in [6.45, 7) is 6.09. The number of epoxide rings is 1. The summed E-state index contributed by atoms with van der Waals surface area (Å²) in [7, 11) is -3.16. The zero-order valence-electron chi connectivity index (χ0n) is 9.73. The quantitative estimate of drug-likeness (QED) is 0.760. The summed E-state index contributed by atoms with van der Waals surface area (Å²) in [5.41, 5.74) is 0.843. The minimum Gasteiger partial charge on any atom is -0.365 e. The summed E-state index contributed by atoms with van der Waals surface area (Å²) >= 11 is 0. The molecular weight excluding hydrogens is 224 g/mol. The monoisotopic (exact) mass is 240 g/mol. The van der Waals surface area contributed by atoms with Crippen LogP contribution >= 0.6 is 0 Å². The first kappa shape index (κ1) is 11.6. The number of benzene rings is 1. The van der Waals surface area contributed by atoms with Crippen molar-refractivity contribution in [3.8, 4) is 0 Å². The number of ether oxygens (including phenoxy) is 1. The van der Waals surface area contributed by atoms with Crippen LogP contribution in [0.15, 0.2) is 29.2 Å². The molecule has 1 atom stereocenters. The summed E-state index contributed by atoms with van der Waals surface area (Å²) in [6, 6.07) is 7.00. The lowest BCUT2D eigenvalue weighted by atomic mass is 10.0. The zero-order valence-corrected chi connectivity index (χ0v) is 10.5. The van der Waals surface area contributed by atoms with E-state index in [-0.39, 0.29) is 10.9 Å². The van der Waals surface area contributed by atoms with Crippen molar-refractivity contribution in [3.63, 3.8) is 0 Å². The van der Waals surface area contributed by atoms with E-state index in [9.17, 15) is 8.42 Å². The lowest BCUT2D eigenvalue weighted by molar-refractivity contribution is 0.329. The second kappa shape index (κ2) is 3.57.